The Kier molecular flexibility index (Phi) is 4.90. The van der Waals surface area contributed by atoms with Crippen molar-refractivity contribution < 1.29 is 13.9 Å². The Bertz CT molecular complexity index is 784. The van der Waals surface area contributed by atoms with Gasteiger partial charge in [0.25, 0.3) is 0 Å². The van der Waals surface area contributed by atoms with Crippen LogP contribution in [-0.2, 0) is 4.79 Å². The van der Waals surface area contributed by atoms with E-state index in [0.29, 0.717) is 0 Å². The molecule has 122 valence electrons. The van der Waals surface area contributed by atoms with Gasteiger partial charge < -0.3 is 4.74 Å². The van der Waals surface area contributed by atoms with Crippen LogP contribution < -0.4 is 4.74 Å². The molecule has 1 aliphatic carbocycles. The summed E-state index contributed by atoms with van der Waals surface area (Å²) in [5.41, 5.74) is 3.44. The number of allylic oxidation sites excluding steroid dienone is 2. The van der Waals surface area contributed by atoms with E-state index in [2.05, 4.69) is 0 Å². The first-order chi connectivity index (χ1) is 11.7. The Morgan fingerprint density at radius 1 is 0.875 bits per heavy atom. The average molecular weight is 322 g/mol. The topological polar surface area (TPSA) is 26.3 Å². The number of methoxy groups -OCH3 is 1. The number of carbonyl (C=O) groups is 1. The third kappa shape index (κ3) is 3.80. The quantitative estimate of drug-likeness (QED) is 0.739. The Morgan fingerprint density at radius 3 is 1.88 bits per heavy atom. The molecular formula is C21H19FO2. The summed E-state index contributed by atoms with van der Waals surface area (Å²) >= 11 is 0. The Balaban J connectivity index is 1.83. The van der Waals surface area contributed by atoms with Crippen molar-refractivity contribution in [1.82, 2.24) is 0 Å². The fourth-order valence-corrected chi connectivity index (χ4v) is 2.84. The zero-order valence-electron chi connectivity index (χ0n) is 13.6. The molecular weight excluding hydrogens is 303 g/mol. The molecule has 0 heterocycles. The molecule has 2 aromatic rings. The Labute approximate surface area is 141 Å². The van der Waals surface area contributed by atoms with E-state index in [4.69, 9.17) is 4.74 Å². The minimum absolute atomic E-state index is 0.0846. The zero-order valence-corrected chi connectivity index (χ0v) is 13.6. The van der Waals surface area contributed by atoms with E-state index < -0.39 is 0 Å². The largest absolute Gasteiger partial charge is 0.497 e. The molecule has 0 aromatic heterocycles. The molecule has 24 heavy (non-hydrogen) atoms. The van der Waals surface area contributed by atoms with E-state index in [1.54, 1.807) is 19.2 Å². The van der Waals surface area contributed by atoms with Gasteiger partial charge in [-0.25, -0.2) is 4.39 Å². The predicted octanol–water partition coefficient (Wildman–Crippen LogP) is 5.05. The van der Waals surface area contributed by atoms with Crippen molar-refractivity contribution in [3.63, 3.8) is 0 Å². The molecule has 2 nitrogen and oxygen atoms in total. The van der Waals surface area contributed by atoms with Gasteiger partial charge in [-0.2, -0.15) is 0 Å². The van der Waals surface area contributed by atoms with Crippen molar-refractivity contribution in [3.05, 3.63) is 76.6 Å². The van der Waals surface area contributed by atoms with E-state index >= 15 is 0 Å². The molecule has 1 saturated carbocycles. The van der Waals surface area contributed by atoms with Crippen LogP contribution in [0.2, 0.25) is 0 Å². The van der Waals surface area contributed by atoms with Gasteiger partial charge in [0, 0.05) is 11.1 Å². The van der Waals surface area contributed by atoms with Crippen molar-refractivity contribution in [3.8, 4) is 5.75 Å². The van der Waals surface area contributed by atoms with Crippen LogP contribution in [0.1, 0.15) is 30.4 Å². The van der Waals surface area contributed by atoms with Crippen LogP contribution in [0.25, 0.3) is 12.2 Å². The van der Waals surface area contributed by atoms with Gasteiger partial charge in [0.15, 0.2) is 5.78 Å². The number of hydrogen-bond acceptors (Lipinski definition) is 2. The van der Waals surface area contributed by atoms with Gasteiger partial charge in [0.05, 0.1) is 7.11 Å². The molecule has 0 bridgehead atoms. The van der Waals surface area contributed by atoms with Crippen molar-refractivity contribution in [1.29, 1.82) is 0 Å². The predicted molar refractivity (Wildman–Crippen MR) is 94.2 cm³/mol. The molecule has 0 unspecified atom stereocenters. The highest BCUT2D eigenvalue weighted by Gasteiger charge is 2.20. The van der Waals surface area contributed by atoms with Crippen LogP contribution in [0.4, 0.5) is 4.39 Å². The van der Waals surface area contributed by atoms with Crippen LogP contribution in [-0.4, -0.2) is 12.9 Å². The minimum Gasteiger partial charge on any atom is -0.497 e. The Hall–Kier alpha value is -2.68. The summed E-state index contributed by atoms with van der Waals surface area (Å²) in [6.45, 7) is 0. The van der Waals surface area contributed by atoms with Crippen molar-refractivity contribution >= 4 is 17.9 Å². The average Bonchev–Trinajstić information content (AvgIpc) is 2.61. The lowest BCUT2D eigenvalue weighted by Gasteiger charge is -2.16. The maximum Gasteiger partial charge on any atom is 0.185 e. The molecule has 1 fully saturated rings. The van der Waals surface area contributed by atoms with Gasteiger partial charge >= 0.3 is 0 Å². The monoisotopic (exact) mass is 322 g/mol. The fourth-order valence-electron chi connectivity index (χ4n) is 2.84. The standard InChI is InChI=1S/C21H19FO2/c1-24-20-11-7-16(8-12-20)14-18-4-2-3-17(21(18)23)13-15-5-9-19(22)10-6-15/h5-14H,2-4H2,1H3/b17-13+,18-14+. The molecule has 0 radical (unpaired) electrons. The second kappa shape index (κ2) is 7.26. The van der Waals surface area contributed by atoms with Gasteiger partial charge in [0.1, 0.15) is 11.6 Å². The van der Waals surface area contributed by atoms with E-state index in [9.17, 15) is 9.18 Å². The molecule has 0 spiro atoms. The lowest BCUT2D eigenvalue weighted by Crippen LogP contribution is -2.12. The molecule has 0 N–H and O–H groups in total. The first-order valence-electron chi connectivity index (χ1n) is 8.01. The first-order valence-corrected chi connectivity index (χ1v) is 8.01. The molecule has 3 heteroatoms. The molecule has 0 atom stereocenters. The molecule has 1 aliphatic rings. The number of halogens is 1. The summed E-state index contributed by atoms with van der Waals surface area (Å²) in [4.78, 5) is 12.7. The maximum absolute atomic E-state index is 13.0. The Morgan fingerprint density at radius 2 is 1.38 bits per heavy atom. The minimum atomic E-state index is -0.271. The highest BCUT2D eigenvalue weighted by molar-refractivity contribution is 6.13. The summed E-state index contributed by atoms with van der Waals surface area (Å²) < 4.78 is 18.1. The van der Waals surface area contributed by atoms with Crippen molar-refractivity contribution in [2.24, 2.45) is 0 Å². The van der Waals surface area contributed by atoms with Crippen LogP contribution in [0.3, 0.4) is 0 Å². The third-order valence-corrected chi connectivity index (χ3v) is 4.14. The van der Waals surface area contributed by atoms with E-state index in [1.165, 1.54) is 12.1 Å². The number of ketones is 1. The summed E-state index contributed by atoms with van der Waals surface area (Å²) in [6, 6.07) is 13.9. The number of rotatable bonds is 3. The van der Waals surface area contributed by atoms with Crippen LogP contribution in [0, 0.1) is 5.82 Å². The van der Waals surface area contributed by atoms with Gasteiger partial charge in [-0.05, 0) is 66.8 Å². The lowest BCUT2D eigenvalue weighted by atomic mass is 9.87. The smallest absolute Gasteiger partial charge is 0.185 e. The lowest BCUT2D eigenvalue weighted by molar-refractivity contribution is -0.112. The summed E-state index contributed by atoms with van der Waals surface area (Å²) in [7, 11) is 1.63. The second-order valence-corrected chi connectivity index (χ2v) is 5.85. The second-order valence-electron chi connectivity index (χ2n) is 5.85. The number of Topliss-reactive ketones (excluding diaryl/α,β-unsaturated/α-hetero) is 1. The van der Waals surface area contributed by atoms with Gasteiger partial charge in [-0.1, -0.05) is 24.3 Å². The zero-order chi connectivity index (χ0) is 16.9. The highest BCUT2D eigenvalue weighted by Crippen LogP contribution is 2.28. The van der Waals surface area contributed by atoms with Gasteiger partial charge in [-0.3, -0.25) is 4.79 Å². The van der Waals surface area contributed by atoms with Crippen LogP contribution in [0.15, 0.2) is 59.7 Å². The normalized spacial score (nSPS) is 18.2. The first kappa shape index (κ1) is 16.2. The molecule has 3 rings (SSSR count). The summed E-state index contributed by atoms with van der Waals surface area (Å²) in [5.74, 6) is 0.609. The number of hydrogen-bond donors (Lipinski definition) is 0. The van der Waals surface area contributed by atoms with Crippen LogP contribution in [0.5, 0.6) is 5.75 Å². The third-order valence-electron chi connectivity index (χ3n) is 4.14. The van der Waals surface area contributed by atoms with E-state index in [1.807, 2.05) is 36.4 Å². The van der Waals surface area contributed by atoms with Crippen molar-refractivity contribution in [2.45, 2.75) is 19.3 Å². The number of ether oxygens (including phenoxy) is 1. The molecule has 2 aromatic carbocycles. The maximum atomic E-state index is 13.0. The fraction of sp³-hybridized carbons (Fsp3) is 0.190. The summed E-state index contributed by atoms with van der Waals surface area (Å²) in [5, 5.41) is 0. The van der Waals surface area contributed by atoms with Crippen molar-refractivity contribution in [2.75, 3.05) is 7.11 Å². The highest BCUT2D eigenvalue weighted by atomic mass is 19.1. The van der Waals surface area contributed by atoms with Crippen LogP contribution >= 0.6 is 0 Å². The van der Waals surface area contributed by atoms with Gasteiger partial charge in [-0.15, -0.1) is 0 Å². The van der Waals surface area contributed by atoms with E-state index in [-0.39, 0.29) is 11.6 Å². The number of benzene rings is 2. The number of carbonyl (C=O) groups excluding carboxylic acids is 1. The SMILES string of the molecule is COc1ccc(/C=C2\CCC/C(=C\c3ccc(F)cc3)C2=O)cc1. The van der Waals surface area contributed by atoms with E-state index in [0.717, 1.165) is 47.3 Å². The molecule has 0 saturated heterocycles. The summed E-state index contributed by atoms with van der Waals surface area (Å²) in [6.07, 6.45) is 6.30. The molecule has 0 amide bonds. The van der Waals surface area contributed by atoms with Gasteiger partial charge in [0.2, 0.25) is 0 Å². The molecule has 0 aliphatic heterocycles.